The maximum absolute atomic E-state index is 11.1. The zero-order valence-corrected chi connectivity index (χ0v) is 8.79. The molecule has 0 aliphatic heterocycles. The minimum absolute atomic E-state index is 0.414. The van der Waals surface area contributed by atoms with E-state index in [4.69, 9.17) is 9.84 Å². The van der Waals surface area contributed by atoms with Crippen LogP contribution in [-0.2, 0) is 9.53 Å². The van der Waals surface area contributed by atoms with Crippen LogP contribution in [-0.4, -0.2) is 29.3 Å². The van der Waals surface area contributed by atoms with Crippen molar-refractivity contribution in [3.05, 3.63) is 0 Å². The lowest BCUT2D eigenvalue weighted by Crippen LogP contribution is -2.38. The summed E-state index contributed by atoms with van der Waals surface area (Å²) in [7, 11) is 0. The Hall–Kier alpha value is -1.26. The molecule has 14 heavy (non-hydrogen) atoms. The fourth-order valence-corrected chi connectivity index (χ4v) is 0.802. The number of rotatable bonds is 5. The van der Waals surface area contributed by atoms with Crippen molar-refractivity contribution >= 4 is 12.1 Å². The van der Waals surface area contributed by atoms with Crippen molar-refractivity contribution in [2.75, 3.05) is 6.54 Å². The number of ether oxygens (including phenoxy) is 1. The van der Waals surface area contributed by atoms with Gasteiger partial charge in [-0.1, -0.05) is 13.8 Å². The summed E-state index contributed by atoms with van der Waals surface area (Å²) >= 11 is 0. The zero-order chi connectivity index (χ0) is 11.2. The van der Waals surface area contributed by atoms with Crippen molar-refractivity contribution in [2.45, 2.75) is 39.2 Å². The third-order valence-electron chi connectivity index (χ3n) is 2.22. The molecular weight excluding hydrogens is 186 g/mol. The maximum Gasteiger partial charge on any atom is 0.408 e. The first-order chi connectivity index (χ1) is 6.43. The van der Waals surface area contributed by atoms with Crippen LogP contribution >= 0.6 is 0 Å². The number of hydrogen-bond acceptors (Lipinski definition) is 3. The molecule has 0 saturated heterocycles. The topological polar surface area (TPSA) is 75.6 Å². The van der Waals surface area contributed by atoms with E-state index < -0.39 is 24.2 Å². The summed E-state index contributed by atoms with van der Waals surface area (Å²) < 4.78 is 5.07. The van der Waals surface area contributed by atoms with Gasteiger partial charge < -0.3 is 15.2 Å². The summed E-state index contributed by atoms with van der Waals surface area (Å²) in [6, 6.07) is 0. The number of carboxylic acid groups (broad SMARTS) is 1. The van der Waals surface area contributed by atoms with Gasteiger partial charge in [-0.2, -0.15) is 0 Å². The van der Waals surface area contributed by atoms with Crippen LogP contribution in [0.1, 0.15) is 33.6 Å². The normalized spacial score (nSPS) is 10.8. The fourth-order valence-electron chi connectivity index (χ4n) is 0.802. The third-order valence-corrected chi connectivity index (χ3v) is 2.22. The largest absolute Gasteiger partial charge is 0.480 e. The SMILES string of the molecule is CCC(C)(CC)OC(=O)NCC(=O)O. The molecule has 0 spiro atoms. The van der Waals surface area contributed by atoms with Gasteiger partial charge in [-0.3, -0.25) is 4.79 Å². The molecule has 0 aromatic carbocycles. The van der Waals surface area contributed by atoms with Crippen molar-refractivity contribution < 1.29 is 19.4 Å². The lowest BCUT2D eigenvalue weighted by atomic mass is 10.0. The van der Waals surface area contributed by atoms with Crippen LogP contribution in [0.15, 0.2) is 0 Å². The van der Waals surface area contributed by atoms with Crippen LogP contribution in [0.4, 0.5) is 4.79 Å². The van der Waals surface area contributed by atoms with Gasteiger partial charge in [0.2, 0.25) is 0 Å². The minimum Gasteiger partial charge on any atom is -0.480 e. The predicted molar refractivity (Wildman–Crippen MR) is 51.1 cm³/mol. The van der Waals surface area contributed by atoms with Crippen molar-refractivity contribution in [1.29, 1.82) is 0 Å². The first-order valence-corrected chi connectivity index (χ1v) is 4.62. The average Bonchev–Trinajstić information content (AvgIpc) is 2.14. The number of carboxylic acids is 1. The summed E-state index contributed by atoms with van der Waals surface area (Å²) in [5, 5.41) is 10.5. The van der Waals surface area contributed by atoms with E-state index in [-0.39, 0.29) is 0 Å². The second kappa shape index (κ2) is 5.47. The second-order valence-electron chi connectivity index (χ2n) is 3.29. The molecule has 2 N–H and O–H groups in total. The molecule has 0 unspecified atom stereocenters. The summed E-state index contributed by atoms with van der Waals surface area (Å²) in [4.78, 5) is 21.2. The van der Waals surface area contributed by atoms with Crippen LogP contribution in [0.5, 0.6) is 0 Å². The van der Waals surface area contributed by atoms with Crippen molar-refractivity contribution in [3.8, 4) is 0 Å². The number of nitrogens with one attached hydrogen (secondary N) is 1. The van der Waals surface area contributed by atoms with E-state index >= 15 is 0 Å². The Bertz CT molecular complexity index is 211. The number of aliphatic carboxylic acids is 1. The van der Waals surface area contributed by atoms with Crippen molar-refractivity contribution in [3.63, 3.8) is 0 Å². The molecule has 0 radical (unpaired) electrons. The highest BCUT2D eigenvalue weighted by atomic mass is 16.6. The highest BCUT2D eigenvalue weighted by molar-refractivity contribution is 5.76. The highest BCUT2D eigenvalue weighted by Crippen LogP contribution is 2.18. The van der Waals surface area contributed by atoms with Crippen LogP contribution in [0.3, 0.4) is 0 Å². The van der Waals surface area contributed by atoms with Gasteiger partial charge in [0.1, 0.15) is 12.1 Å². The first kappa shape index (κ1) is 12.7. The summed E-state index contributed by atoms with van der Waals surface area (Å²) in [6.07, 6.45) is 0.715. The lowest BCUT2D eigenvalue weighted by Gasteiger charge is -2.26. The molecule has 5 heteroatoms. The maximum atomic E-state index is 11.1. The minimum atomic E-state index is -1.09. The molecule has 0 aliphatic carbocycles. The van der Waals surface area contributed by atoms with Crippen LogP contribution in [0.2, 0.25) is 0 Å². The highest BCUT2D eigenvalue weighted by Gasteiger charge is 2.24. The number of hydrogen-bond donors (Lipinski definition) is 2. The van der Waals surface area contributed by atoms with Gasteiger partial charge in [0.15, 0.2) is 0 Å². The first-order valence-electron chi connectivity index (χ1n) is 4.62. The van der Waals surface area contributed by atoms with Gasteiger partial charge >= 0.3 is 12.1 Å². The second-order valence-corrected chi connectivity index (χ2v) is 3.29. The quantitative estimate of drug-likeness (QED) is 0.707. The standard InChI is InChI=1S/C9H17NO4/c1-4-9(3,5-2)14-8(13)10-6-7(11)12/h4-6H2,1-3H3,(H,10,13)(H,11,12). The molecule has 5 nitrogen and oxygen atoms in total. The molecule has 0 saturated carbocycles. The molecular formula is C9H17NO4. The van der Waals surface area contributed by atoms with E-state index in [1.165, 1.54) is 0 Å². The number of carbonyl (C=O) groups is 2. The Morgan fingerprint density at radius 1 is 1.36 bits per heavy atom. The van der Waals surface area contributed by atoms with E-state index in [0.29, 0.717) is 12.8 Å². The Kier molecular flexibility index (Phi) is 4.97. The van der Waals surface area contributed by atoms with Gasteiger partial charge in [0.25, 0.3) is 0 Å². The zero-order valence-electron chi connectivity index (χ0n) is 8.79. The average molecular weight is 203 g/mol. The summed E-state index contributed by atoms with van der Waals surface area (Å²) in [5.41, 5.74) is -0.511. The fraction of sp³-hybridized carbons (Fsp3) is 0.778. The molecule has 82 valence electrons. The molecule has 0 aromatic heterocycles. The molecule has 1 amide bonds. The molecule has 0 heterocycles. The van der Waals surface area contributed by atoms with Crippen LogP contribution in [0, 0.1) is 0 Å². The molecule has 0 aliphatic rings. The van der Waals surface area contributed by atoms with E-state index in [9.17, 15) is 9.59 Å². The van der Waals surface area contributed by atoms with Gasteiger partial charge in [0.05, 0.1) is 0 Å². The third kappa shape index (κ3) is 4.69. The number of alkyl carbamates (subject to hydrolysis) is 1. The molecule has 0 rings (SSSR count). The van der Waals surface area contributed by atoms with Crippen LogP contribution in [0.25, 0.3) is 0 Å². The van der Waals surface area contributed by atoms with E-state index in [1.54, 1.807) is 0 Å². The van der Waals surface area contributed by atoms with E-state index in [2.05, 4.69) is 5.32 Å². The van der Waals surface area contributed by atoms with Gasteiger partial charge in [-0.25, -0.2) is 4.79 Å². The summed E-state index contributed by atoms with van der Waals surface area (Å²) in [5.74, 6) is -1.09. The Labute approximate surface area is 83.4 Å². The smallest absolute Gasteiger partial charge is 0.408 e. The molecule has 0 fully saturated rings. The Morgan fingerprint density at radius 3 is 2.21 bits per heavy atom. The monoisotopic (exact) mass is 203 g/mol. The molecule has 0 atom stereocenters. The van der Waals surface area contributed by atoms with E-state index in [1.807, 2.05) is 20.8 Å². The van der Waals surface area contributed by atoms with Crippen molar-refractivity contribution in [2.24, 2.45) is 0 Å². The number of carbonyl (C=O) groups excluding carboxylic acids is 1. The van der Waals surface area contributed by atoms with Gasteiger partial charge in [-0.15, -0.1) is 0 Å². The van der Waals surface area contributed by atoms with Crippen LogP contribution < -0.4 is 5.32 Å². The summed E-state index contributed by atoms with van der Waals surface area (Å²) in [6.45, 7) is 5.22. The predicted octanol–water partition coefficient (Wildman–Crippen LogP) is 1.38. The van der Waals surface area contributed by atoms with Gasteiger partial charge in [-0.05, 0) is 19.8 Å². The van der Waals surface area contributed by atoms with Crippen molar-refractivity contribution in [1.82, 2.24) is 5.32 Å². The van der Waals surface area contributed by atoms with E-state index in [0.717, 1.165) is 0 Å². The lowest BCUT2D eigenvalue weighted by molar-refractivity contribution is -0.136. The van der Waals surface area contributed by atoms with Gasteiger partial charge in [0, 0.05) is 0 Å². The Morgan fingerprint density at radius 2 is 1.86 bits per heavy atom. The molecule has 0 aromatic rings. The Balaban J connectivity index is 3.97. The molecule has 0 bridgehead atoms. The number of amides is 1.